The van der Waals surface area contributed by atoms with Crippen molar-refractivity contribution in [1.29, 1.82) is 0 Å². The van der Waals surface area contributed by atoms with E-state index in [0.29, 0.717) is 12.3 Å². The van der Waals surface area contributed by atoms with Crippen molar-refractivity contribution in [3.05, 3.63) is 65.7 Å². The molecule has 132 valence electrons. The number of ether oxygens (including phenoxy) is 2. The van der Waals surface area contributed by atoms with Gasteiger partial charge in [-0.15, -0.1) is 0 Å². The summed E-state index contributed by atoms with van der Waals surface area (Å²) >= 11 is 0. The minimum absolute atomic E-state index is 0.198. The van der Waals surface area contributed by atoms with E-state index in [0.717, 1.165) is 28.2 Å². The number of aryl methyl sites for hydroxylation is 2. The molecular weight excluding hydrogens is 314 g/mol. The van der Waals surface area contributed by atoms with E-state index in [9.17, 15) is 4.79 Å². The van der Waals surface area contributed by atoms with Crippen LogP contribution >= 0.6 is 0 Å². The molecule has 25 heavy (non-hydrogen) atoms. The summed E-state index contributed by atoms with van der Waals surface area (Å²) in [5.74, 6) is 1.27. The zero-order chi connectivity index (χ0) is 18.4. The first-order chi connectivity index (χ1) is 11.8. The van der Waals surface area contributed by atoms with Gasteiger partial charge in [-0.2, -0.15) is 0 Å². The second-order valence-electron chi connectivity index (χ2n) is 6.29. The molecular formula is C21H25NO3. The maximum atomic E-state index is 12.3. The van der Waals surface area contributed by atoms with Gasteiger partial charge < -0.3 is 14.8 Å². The van der Waals surface area contributed by atoms with Gasteiger partial charge in [0.05, 0.1) is 0 Å². The first-order valence-electron chi connectivity index (χ1n) is 8.27. The molecule has 2 rings (SSSR count). The number of amides is 1. The van der Waals surface area contributed by atoms with Crippen LogP contribution in [0.4, 0.5) is 5.69 Å². The molecule has 1 amide bonds. The van der Waals surface area contributed by atoms with Gasteiger partial charge in [0, 0.05) is 5.69 Å². The lowest BCUT2D eigenvalue weighted by molar-refractivity contribution is -0.122. The lowest BCUT2D eigenvalue weighted by atomic mass is 10.1. The molecule has 1 N–H and O–H groups in total. The Hall–Kier alpha value is -2.75. The molecule has 0 heterocycles. The Balaban J connectivity index is 1.94. The third-order valence-corrected chi connectivity index (χ3v) is 3.62. The van der Waals surface area contributed by atoms with Crippen molar-refractivity contribution in [3.8, 4) is 11.5 Å². The van der Waals surface area contributed by atoms with E-state index in [1.165, 1.54) is 0 Å². The summed E-state index contributed by atoms with van der Waals surface area (Å²) in [4.78, 5) is 12.3. The molecule has 2 aromatic carbocycles. The molecule has 0 bridgehead atoms. The van der Waals surface area contributed by atoms with Crippen LogP contribution < -0.4 is 14.8 Å². The second kappa shape index (κ2) is 8.38. The van der Waals surface area contributed by atoms with E-state index >= 15 is 0 Å². The van der Waals surface area contributed by atoms with Gasteiger partial charge in [-0.1, -0.05) is 18.7 Å². The third kappa shape index (κ3) is 5.68. The molecule has 0 spiro atoms. The summed E-state index contributed by atoms with van der Waals surface area (Å²) in [5.41, 5.74) is 3.75. The molecule has 4 nitrogen and oxygen atoms in total. The van der Waals surface area contributed by atoms with Gasteiger partial charge in [0.25, 0.3) is 5.91 Å². The molecule has 1 atom stereocenters. The van der Waals surface area contributed by atoms with Crippen LogP contribution in [0.1, 0.15) is 25.0 Å². The average Bonchev–Trinajstić information content (AvgIpc) is 2.57. The number of anilines is 1. The molecule has 2 aromatic rings. The average molecular weight is 339 g/mol. The van der Waals surface area contributed by atoms with Gasteiger partial charge in [-0.05, 0) is 74.7 Å². The number of rotatable bonds is 7. The lowest BCUT2D eigenvalue weighted by Crippen LogP contribution is -2.30. The predicted molar refractivity (Wildman–Crippen MR) is 101 cm³/mol. The Bertz CT molecular complexity index is 750. The van der Waals surface area contributed by atoms with Crippen molar-refractivity contribution in [2.45, 2.75) is 33.8 Å². The first-order valence-corrected chi connectivity index (χ1v) is 8.27. The summed E-state index contributed by atoms with van der Waals surface area (Å²) in [6.07, 6.45) is -0.597. The van der Waals surface area contributed by atoms with Crippen molar-refractivity contribution in [1.82, 2.24) is 0 Å². The highest BCUT2D eigenvalue weighted by molar-refractivity contribution is 5.94. The number of hydrogen-bond acceptors (Lipinski definition) is 3. The minimum Gasteiger partial charge on any atom is -0.489 e. The minimum atomic E-state index is -0.597. The van der Waals surface area contributed by atoms with Crippen molar-refractivity contribution in [3.63, 3.8) is 0 Å². The van der Waals surface area contributed by atoms with Crippen LogP contribution in [0.3, 0.4) is 0 Å². The molecule has 0 aliphatic carbocycles. The number of carbonyl (C=O) groups excluding carboxylic acids is 1. The molecule has 0 saturated heterocycles. The highest BCUT2D eigenvalue weighted by Gasteiger charge is 2.16. The van der Waals surface area contributed by atoms with Gasteiger partial charge in [0.15, 0.2) is 6.10 Å². The summed E-state index contributed by atoms with van der Waals surface area (Å²) in [5, 5.41) is 2.85. The van der Waals surface area contributed by atoms with E-state index in [1.807, 2.05) is 51.1 Å². The summed E-state index contributed by atoms with van der Waals surface area (Å²) in [6, 6.07) is 13.2. The van der Waals surface area contributed by atoms with Crippen LogP contribution in [0.5, 0.6) is 11.5 Å². The second-order valence-corrected chi connectivity index (χ2v) is 6.29. The number of hydrogen-bond donors (Lipinski definition) is 1. The van der Waals surface area contributed by atoms with E-state index in [1.54, 1.807) is 19.1 Å². The van der Waals surface area contributed by atoms with E-state index in [2.05, 4.69) is 11.9 Å². The molecule has 0 fully saturated rings. The monoisotopic (exact) mass is 339 g/mol. The predicted octanol–water partition coefficient (Wildman–Crippen LogP) is 4.66. The quantitative estimate of drug-likeness (QED) is 0.746. The van der Waals surface area contributed by atoms with Crippen LogP contribution in [0.2, 0.25) is 0 Å². The Labute approximate surface area is 149 Å². The zero-order valence-corrected chi connectivity index (χ0v) is 15.3. The Morgan fingerprint density at radius 2 is 1.84 bits per heavy atom. The topological polar surface area (TPSA) is 47.6 Å². The molecule has 0 aliphatic rings. The lowest BCUT2D eigenvalue weighted by Gasteiger charge is -2.17. The van der Waals surface area contributed by atoms with Gasteiger partial charge >= 0.3 is 0 Å². The van der Waals surface area contributed by atoms with Crippen LogP contribution in [0, 0.1) is 13.8 Å². The Kier molecular flexibility index (Phi) is 6.23. The maximum Gasteiger partial charge on any atom is 0.265 e. The van der Waals surface area contributed by atoms with Crippen molar-refractivity contribution in [2.75, 3.05) is 11.9 Å². The highest BCUT2D eigenvalue weighted by atomic mass is 16.5. The fourth-order valence-electron chi connectivity index (χ4n) is 2.16. The fraction of sp³-hybridized carbons (Fsp3) is 0.286. The van der Waals surface area contributed by atoms with Crippen LogP contribution in [0.25, 0.3) is 0 Å². The standard InChI is InChI=1S/C21H25NO3/c1-14(2)13-24-19-10-8-18(9-11-19)22-21(23)17(5)25-20-12-15(3)6-7-16(20)4/h6-12,17H,1,13H2,2-5H3,(H,22,23). The van der Waals surface area contributed by atoms with Gasteiger partial charge in [-0.25, -0.2) is 0 Å². The number of nitrogens with one attached hydrogen (secondary N) is 1. The Morgan fingerprint density at radius 3 is 2.48 bits per heavy atom. The smallest absolute Gasteiger partial charge is 0.265 e. The largest absolute Gasteiger partial charge is 0.489 e. The first kappa shape index (κ1) is 18.6. The van der Waals surface area contributed by atoms with E-state index in [-0.39, 0.29) is 5.91 Å². The van der Waals surface area contributed by atoms with Crippen molar-refractivity contribution < 1.29 is 14.3 Å². The molecule has 0 radical (unpaired) electrons. The molecule has 0 aromatic heterocycles. The van der Waals surface area contributed by atoms with Gasteiger partial charge in [0.1, 0.15) is 18.1 Å². The van der Waals surface area contributed by atoms with Gasteiger partial charge in [0.2, 0.25) is 0 Å². The normalized spacial score (nSPS) is 11.5. The summed E-state index contributed by atoms with van der Waals surface area (Å²) in [6.45, 7) is 11.9. The van der Waals surface area contributed by atoms with Crippen LogP contribution in [0.15, 0.2) is 54.6 Å². The fourth-order valence-corrected chi connectivity index (χ4v) is 2.16. The Morgan fingerprint density at radius 1 is 1.16 bits per heavy atom. The third-order valence-electron chi connectivity index (χ3n) is 3.62. The SMILES string of the molecule is C=C(C)COc1ccc(NC(=O)C(C)Oc2cc(C)ccc2C)cc1. The van der Waals surface area contributed by atoms with Crippen LogP contribution in [-0.4, -0.2) is 18.6 Å². The van der Waals surface area contributed by atoms with E-state index in [4.69, 9.17) is 9.47 Å². The highest BCUT2D eigenvalue weighted by Crippen LogP contribution is 2.21. The number of carbonyl (C=O) groups is 1. The molecule has 1 unspecified atom stereocenters. The molecule has 0 aliphatic heterocycles. The molecule has 4 heteroatoms. The van der Waals surface area contributed by atoms with Gasteiger partial charge in [-0.3, -0.25) is 4.79 Å². The van der Waals surface area contributed by atoms with Crippen molar-refractivity contribution in [2.24, 2.45) is 0 Å². The summed E-state index contributed by atoms with van der Waals surface area (Å²) < 4.78 is 11.3. The maximum absolute atomic E-state index is 12.3. The summed E-state index contributed by atoms with van der Waals surface area (Å²) in [7, 11) is 0. The van der Waals surface area contributed by atoms with Crippen LogP contribution in [-0.2, 0) is 4.79 Å². The van der Waals surface area contributed by atoms with Crippen molar-refractivity contribution >= 4 is 11.6 Å². The van der Waals surface area contributed by atoms with E-state index < -0.39 is 6.10 Å². The number of benzene rings is 2. The zero-order valence-electron chi connectivity index (χ0n) is 15.3. The molecule has 0 saturated carbocycles.